The molecule has 4 rings (SSSR count). The molecule has 1 unspecified atom stereocenters. The number of rotatable bonds is 5. The van der Waals surface area contributed by atoms with Gasteiger partial charge in [-0.25, -0.2) is 0 Å². The average molecular weight is 407 g/mol. The van der Waals surface area contributed by atoms with Gasteiger partial charge in [-0.1, -0.05) is 18.2 Å². The van der Waals surface area contributed by atoms with Crippen molar-refractivity contribution in [2.45, 2.75) is 65.3 Å². The molecule has 6 nitrogen and oxygen atoms in total. The van der Waals surface area contributed by atoms with Crippen molar-refractivity contribution in [2.24, 2.45) is 7.05 Å². The predicted molar refractivity (Wildman–Crippen MR) is 119 cm³/mol. The number of amides is 1. The van der Waals surface area contributed by atoms with Crippen LogP contribution in [-0.4, -0.2) is 20.7 Å². The van der Waals surface area contributed by atoms with Crippen LogP contribution in [0.3, 0.4) is 0 Å². The quantitative estimate of drug-likeness (QED) is 0.680. The second kappa shape index (κ2) is 8.09. The van der Waals surface area contributed by atoms with Crippen molar-refractivity contribution < 1.29 is 4.79 Å². The van der Waals surface area contributed by atoms with E-state index in [0.29, 0.717) is 12.0 Å². The Kier molecular flexibility index (Phi) is 5.50. The predicted octanol–water partition coefficient (Wildman–Crippen LogP) is 3.57. The van der Waals surface area contributed by atoms with E-state index in [1.807, 2.05) is 27.8 Å². The molecule has 0 saturated carbocycles. The van der Waals surface area contributed by atoms with Crippen LogP contribution < -0.4 is 10.9 Å². The molecule has 0 spiro atoms. The molecule has 0 aliphatic heterocycles. The molecule has 1 atom stereocenters. The number of carbonyl (C=O) groups excluding carboxylic acids is 1. The van der Waals surface area contributed by atoms with E-state index in [1.54, 1.807) is 4.68 Å². The Morgan fingerprint density at radius 3 is 2.73 bits per heavy atom. The Hall–Kier alpha value is -2.89. The summed E-state index contributed by atoms with van der Waals surface area (Å²) in [5.74, 6) is -0.0398. The number of H-pyrrole nitrogens is 1. The van der Waals surface area contributed by atoms with Crippen LogP contribution in [0.1, 0.15) is 65.7 Å². The van der Waals surface area contributed by atoms with Gasteiger partial charge in [0.2, 0.25) is 5.91 Å². The number of carbonyl (C=O) groups is 1. The third kappa shape index (κ3) is 3.78. The highest BCUT2D eigenvalue weighted by atomic mass is 16.1. The molecule has 2 heterocycles. The van der Waals surface area contributed by atoms with Crippen molar-refractivity contribution in [3.05, 3.63) is 62.1 Å². The largest absolute Gasteiger partial charge is 0.350 e. The van der Waals surface area contributed by atoms with Gasteiger partial charge in [-0.2, -0.15) is 5.10 Å². The molecule has 2 N–H and O–H groups in total. The van der Waals surface area contributed by atoms with Gasteiger partial charge in [-0.3, -0.25) is 14.3 Å². The fraction of sp³-hybridized carbons (Fsp3) is 0.458. The Bertz CT molecular complexity index is 1170. The van der Waals surface area contributed by atoms with E-state index in [4.69, 9.17) is 0 Å². The highest BCUT2D eigenvalue weighted by Crippen LogP contribution is 2.25. The molecule has 1 aliphatic carbocycles. The Balaban J connectivity index is 1.45. The number of aryl methyl sites for hydroxylation is 5. The maximum Gasteiger partial charge on any atom is 0.253 e. The fourth-order valence-electron chi connectivity index (χ4n) is 4.71. The summed E-state index contributed by atoms with van der Waals surface area (Å²) in [5.41, 5.74) is 7.05. The minimum atomic E-state index is -0.140. The van der Waals surface area contributed by atoms with Crippen LogP contribution in [0.2, 0.25) is 0 Å². The van der Waals surface area contributed by atoms with E-state index < -0.39 is 0 Å². The van der Waals surface area contributed by atoms with Crippen molar-refractivity contribution in [1.29, 1.82) is 0 Å². The van der Waals surface area contributed by atoms with E-state index in [1.165, 1.54) is 24.0 Å². The van der Waals surface area contributed by atoms with Crippen LogP contribution in [0.25, 0.3) is 11.0 Å². The third-order valence-electron chi connectivity index (χ3n) is 6.41. The van der Waals surface area contributed by atoms with E-state index in [9.17, 15) is 9.59 Å². The molecule has 1 amide bonds. The number of hydrogen-bond acceptors (Lipinski definition) is 3. The Morgan fingerprint density at radius 2 is 1.97 bits per heavy atom. The molecule has 30 heavy (non-hydrogen) atoms. The molecule has 0 saturated heterocycles. The van der Waals surface area contributed by atoms with Gasteiger partial charge in [0.25, 0.3) is 5.56 Å². The van der Waals surface area contributed by atoms with Crippen molar-refractivity contribution in [3.63, 3.8) is 0 Å². The van der Waals surface area contributed by atoms with E-state index >= 15 is 0 Å². The Labute approximate surface area is 176 Å². The number of aromatic amines is 1. The first-order valence-corrected chi connectivity index (χ1v) is 10.8. The summed E-state index contributed by atoms with van der Waals surface area (Å²) in [7, 11) is 1.82. The minimum absolute atomic E-state index is 0.0398. The van der Waals surface area contributed by atoms with Crippen molar-refractivity contribution in [1.82, 2.24) is 20.1 Å². The second-order valence-electron chi connectivity index (χ2n) is 8.51. The number of nitrogens with one attached hydrogen (secondary N) is 2. The van der Waals surface area contributed by atoms with Crippen molar-refractivity contribution >= 4 is 16.9 Å². The number of fused-ring (bicyclic) bond motifs is 2. The van der Waals surface area contributed by atoms with E-state index in [2.05, 4.69) is 33.6 Å². The molecule has 1 aromatic carbocycles. The molecule has 0 fully saturated rings. The van der Waals surface area contributed by atoms with Crippen molar-refractivity contribution in [2.75, 3.05) is 0 Å². The molecule has 0 bridgehead atoms. The highest BCUT2D eigenvalue weighted by Gasteiger charge is 2.17. The first kappa shape index (κ1) is 20.4. The summed E-state index contributed by atoms with van der Waals surface area (Å²) in [5, 5.41) is 8.46. The third-order valence-corrected chi connectivity index (χ3v) is 6.41. The smallest absolute Gasteiger partial charge is 0.253 e. The zero-order valence-electron chi connectivity index (χ0n) is 18.3. The molecule has 158 valence electrons. The molecule has 2 aromatic heterocycles. The van der Waals surface area contributed by atoms with E-state index in [-0.39, 0.29) is 23.9 Å². The second-order valence-corrected chi connectivity index (χ2v) is 8.51. The monoisotopic (exact) mass is 406 g/mol. The van der Waals surface area contributed by atoms with Crippen LogP contribution in [-0.2, 0) is 31.1 Å². The van der Waals surface area contributed by atoms with Crippen LogP contribution in [0.5, 0.6) is 0 Å². The number of benzene rings is 1. The zero-order chi connectivity index (χ0) is 21.4. The fourth-order valence-corrected chi connectivity index (χ4v) is 4.71. The minimum Gasteiger partial charge on any atom is -0.350 e. The normalized spacial score (nSPS) is 14.5. The number of nitrogens with zero attached hydrogens (tertiary/aromatic N) is 2. The maximum absolute atomic E-state index is 12.6. The topological polar surface area (TPSA) is 79.8 Å². The standard InChI is InChI=1S/C24H30N4O2/c1-14-20(24(30)26-23-22(14)16(3)27-28(23)4)11-12-21(29)25-15(2)18-10-9-17-7-5-6-8-19(17)13-18/h9-10,13,15H,5-8,11-12H2,1-4H3,(H,25,29)(H,26,30). The molecular formula is C24H30N4O2. The summed E-state index contributed by atoms with van der Waals surface area (Å²) < 4.78 is 1.69. The van der Waals surface area contributed by atoms with Crippen LogP contribution >= 0.6 is 0 Å². The lowest BCUT2D eigenvalue weighted by molar-refractivity contribution is -0.121. The van der Waals surface area contributed by atoms with Crippen LogP contribution in [0.15, 0.2) is 23.0 Å². The van der Waals surface area contributed by atoms with Crippen LogP contribution in [0, 0.1) is 13.8 Å². The lowest BCUT2D eigenvalue weighted by Gasteiger charge is -2.20. The van der Waals surface area contributed by atoms with Gasteiger partial charge >= 0.3 is 0 Å². The van der Waals surface area contributed by atoms with Gasteiger partial charge in [-0.15, -0.1) is 0 Å². The number of aromatic nitrogens is 3. The molecular weight excluding hydrogens is 376 g/mol. The van der Waals surface area contributed by atoms with Gasteiger partial charge < -0.3 is 10.3 Å². The van der Waals surface area contributed by atoms with Gasteiger partial charge in [0.05, 0.1) is 11.7 Å². The number of pyridine rings is 1. The maximum atomic E-state index is 12.6. The highest BCUT2D eigenvalue weighted by molar-refractivity contribution is 5.83. The average Bonchev–Trinajstić information content (AvgIpc) is 3.00. The van der Waals surface area contributed by atoms with Gasteiger partial charge in [0.15, 0.2) is 0 Å². The van der Waals surface area contributed by atoms with Crippen LogP contribution in [0.4, 0.5) is 0 Å². The summed E-state index contributed by atoms with van der Waals surface area (Å²) in [6.07, 6.45) is 5.48. The first-order valence-electron chi connectivity index (χ1n) is 10.8. The molecule has 6 heteroatoms. The lowest BCUT2D eigenvalue weighted by atomic mass is 9.89. The summed E-state index contributed by atoms with van der Waals surface area (Å²) in [4.78, 5) is 28.1. The van der Waals surface area contributed by atoms with Gasteiger partial charge in [-0.05, 0) is 75.1 Å². The van der Waals surface area contributed by atoms with Gasteiger partial charge in [0.1, 0.15) is 5.65 Å². The Morgan fingerprint density at radius 1 is 1.23 bits per heavy atom. The summed E-state index contributed by atoms with van der Waals surface area (Å²) in [6, 6.07) is 6.53. The summed E-state index contributed by atoms with van der Waals surface area (Å²) in [6.45, 7) is 5.89. The molecule has 3 aromatic rings. The molecule has 0 radical (unpaired) electrons. The lowest BCUT2D eigenvalue weighted by Crippen LogP contribution is -2.28. The van der Waals surface area contributed by atoms with Crippen molar-refractivity contribution in [3.8, 4) is 0 Å². The first-order chi connectivity index (χ1) is 14.3. The van der Waals surface area contributed by atoms with E-state index in [0.717, 1.165) is 40.7 Å². The number of hydrogen-bond donors (Lipinski definition) is 2. The van der Waals surface area contributed by atoms with Gasteiger partial charge in [0, 0.05) is 24.4 Å². The summed E-state index contributed by atoms with van der Waals surface area (Å²) >= 11 is 0. The zero-order valence-corrected chi connectivity index (χ0v) is 18.3. The SMILES string of the molecule is Cc1nn(C)c2[nH]c(=O)c(CCC(=O)NC(C)c3ccc4c(c3)CCCC4)c(C)c12. The molecule has 1 aliphatic rings.